The highest BCUT2D eigenvalue weighted by molar-refractivity contribution is 5.88. The Bertz CT molecular complexity index is 819. The molecule has 150 valence electrons. The zero-order chi connectivity index (χ0) is 19.5. The topological polar surface area (TPSA) is 65.7 Å². The zero-order valence-corrected chi connectivity index (χ0v) is 17.0. The second kappa shape index (κ2) is 6.41. The van der Waals surface area contributed by atoms with Crippen LogP contribution >= 0.6 is 0 Å². The first-order valence-corrected chi connectivity index (χ1v) is 11.0. The lowest BCUT2D eigenvalue weighted by Crippen LogP contribution is -2.56. The number of aliphatic hydroxyl groups is 1. The lowest BCUT2D eigenvalue weighted by atomic mass is 9.44. The molecule has 0 radical (unpaired) electrons. The van der Waals surface area contributed by atoms with E-state index in [4.69, 9.17) is 0 Å². The number of oxime groups is 1. The van der Waals surface area contributed by atoms with Gasteiger partial charge >= 0.3 is 0 Å². The van der Waals surface area contributed by atoms with E-state index >= 15 is 0 Å². The van der Waals surface area contributed by atoms with E-state index in [9.17, 15) is 10.3 Å². The molecule has 3 saturated carbocycles. The summed E-state index contributed by atoms with van der Waals surface area (Å²) in [7, 11) is 0. The van der Waals surface area contributed by atoms with E-state index in [1.807, 2.05) is 18.5 Å². The second-order valence-corrected chi connectivity index (χ2v) is 10.2. The first-order valence-electron chi connectivity index (χ1n) is 11.0. The number of aliphatic hydroxyl groups excluding tert-OH is 1. The first-order chi connectivity index (χ1) is 13.5. The maximum absolute atomic E-state index is 10.3. The van der Waals surface area contributed by atoms with Crippen LogP contribution in [0.25, 0.3) is 5.57 Å². The highest BCUT2D eigenvalue weighted by Crippen LogP contribution is 2.66. The third-order valence-electron chi connectivity index (χ3n) is 9.13. The van der Waals surface area contributed by atoms with Crippen LogP contribution in [-0.4, -0.2) is 27.1 Å². The Kier molecular flexibility index (Phi) is 4.20. The van der Waals surface area contributed by atoms with E-state index in [2.05, 4.69) is 36.1 Å². The molecule has 4 nitrogen and oxygen atoms in total. The number of hydrogen-bond donors (Lipinski definition) is 2. The number of pyridine rings is 1. The molecular weight excluding hydrogens is 348 g/mol. The van der Waals surface area contributed by atoms with Crippen molar-refractivity contribution in [2.45, 2.75) is 64.9 Å². The standard InChI is InChI=1S/C24H32N2O2/c1-23-10-8-20-17(19(23)6-5-18(23)15-4-3-11-25-14-15)13-22(26-28)21-12-16(27)7-9-24(20,21)2/h3-5,11,14,16-17,19-21,27-28H,6-10,12-13H2,1-2H3/b26-22-/t16-,17-,19-,20-,21+,23+,24+/m0/s1. The monoisotopic (exact) mass is 380 g/mol. The Morgan fingerprint density at radius 3 is 2.79 bits per heavy atom. The maximum atomic E-state index is 10.3. The van der Waals surface area contributed by atoms with Crippen molar-refractivity contribution in [3.63, 3.8) is 0 Å². The predicted molar refractivity (Wildman–Crippen MR) is 110 cm³/mol. The van der Waals surface area contributed by atoms with Crippen molar-refractivity contribution in [2.75, 3.05) is 0 Å². The van der Waals surface area contributed by atoms with Crippen LogP contribution < -0.4 is 0 Å². The molecule has 4 aliphatic rings. The van der Waals surface area contributed by atoms with Gasteiger partial charge in [0.25, 0.3) is 0 Å². The average molecular weight is 381 g/mol. The summed E-state index contributed by atoms with van der Waals surface area (Å²) in [5.74, 6) is 2.06. The summed E-state index contributed by atoms with van der Waals surface area (Å²) in [4.78, 5) is 4.36. The molecule has 0 aliphatic heterocycles. The zero-order valence-electron chi connectivity index (χ0n) is 17.0. The third kappa shape index (κ3) is 2.46. The molecule has 0 saturated heterocycles. The molecule has 3 fully saturated rings. The van der Waals surface area contributed by atoms with Crippen molar-refractivity contribution >= 4 is 11.3 Å². The summed E-state index contributed by atoms with van der Waals surface area (Å²) in [6.45, 7) is 4.87. The van der Waals surface area contributed by atoms with E-state index in [1.54, 1.807) is 0 Å². The summed E-state index contributed by atoms with van der Waals surface area (Å²) in [6, 6.07) is 4.23. The maximum Gasteiger partial charge on any atom is 0.0611 e. The van der Waals surface area contributed by atoms with Gasteiger partial charge < -0.3 is 10.3 Å². The Hall–Kier alpha value is -1.68. The smallest absolute Gasteiger partial charge is 0.0611 e. The summed E-state index contributed by atoms with van der Waals surface area (Å²) in [6.07, 6.45) is 13.2. The number of fused-ring (bicyclic) bond motifs is 5. The van der Waals surface area contributed by atoms with Gasteiger partial charge in [-0.05, 0) is 90.7 Å². The molecule has 1 heterocycles. The molecule has 0 amide bonds. The molecule has 5 rings (SSSR count). The second-order valence-electron chi connectivity index (χ2n) is 10.2. The quantitative estimate of drug-likeness (QED) is 0.537. The fraction of sp³-hybridized carbons (Fsp3) is 0.667. The molecule has 0 bridgehead atoms. The highest BCUT2D eigenvalue weighted by Gasteiger charge is 2.60. The van der Waals surface area contributed by atoms with Crippen LogP contribution in [0.5, 0.6) is 0 Å². The van der Waals surface area contributed by atoms with Crippen LogP contribution in [0.2, 0.25) is 0 Å². The molecule has 1 aromatic rings. The number of nitrogens with zero attached hydrogens (tertiary/aromatic N) is 2. The van der Waals surface area contributed by atoms with E-state index < -0.39 is 0 Å². The van der Waals surface area contributed by atoms with Crippen LogP contribution in [0.3, 0.4) is 0 Å². The van der Waals surface area contributed by atoms with E-state index in [-0.39, 0.29) is 22.9 Å². The van der Waals surface area contributed by atoms with Gasteiger partial charge in [0.05, 0.1) is 11.8 Å². The van der Waals surface area contributed by atoms with Gasteiger partial charge in [-0.25, -0.2) is 0 Å². The summed E-state index contributed by atoms with van der Waals surface area (Å²) in [5.41, 5.74) is 4.02. The van der Waals surface area contributed by atoms with Crippen LogP contribution in [0, 0.1) is 34.5 Å². The van der Waals surface area contributed by atoms with Crippen molar-refractivity contribution < 1.29 is 10.3 Å². The van der Waals surface area contributed by atoms with Crippen LogP contribution in [0.4, 0.5) is 0 Å². The van der Waals surface area contributed by atoms with Gasteiger partial charge in [0.15, 0.2) is 0 Å². The molecule has 1 aromatic heterocycles. The van der Waals surface area contributed by atoms with Crippen molar-refractivity contribution in [1.82, 2.24) is 4.98 Å². The average Bonchev–Trinajstić information content (AvgIpc) is 3.06. The molecule has 4 heteroatoms. The fourth-order valence-electron chi connectivity index (χ4n) is 7.69. The van der Waals surface area contributed by atoms with Gasteiger partial charge in [0.2, 0.25) is 0 Å². The Morgan fingerprint density at radius 1 is 1.18 bits per heavy atom. The van der Waals surface area contributed by atoms with E-state index in [0.717, 1.165) is 37.8 Å². The Morgan fingerprint density at radius 2 is 2.04 bits per heavy atom. The fourth-order valence-corrected chi connectivity index (χ4v) is 7.69. The lowest BCUT2D eigenvalue weighted by molar-refractivity contribution is -0.0751. The SMILES string of the molecule is C[C@]12CC[C@H](O)C[C@@H]1/C(=N\O)C[C@@H]1[C@@H]2CC[C@]2(C)C(c3cccnc3)=CC[C@@H]12. The molecule has 0 aromatic carbocycles. The van der Waals surface area contributed by atoms with Gasteiger partial charge in [-0.15, -0.1) is 0 Å². The van der Waals surface area contributed by atoms with Crippen LogP contribution in [0.15, 0.2) is 35.8 Å². The molecular formula is C24H32N2O2. The van der Waals surface area contributed by atoms with Gasteiger partial charge in [0.1, 0.15) is 0 Å². The highest BCUT2D eigenvalue weighted by atomic mass is 16.4. The normalized spacial score (nSPS) is 46.5. The minimum atomic E-state index is -0.245. The molecule has 28 heavy (non-hydrogen) atoms. The van der Waals surface area contributed by atoms with E-state index in [0.29, 0.717) is 17.8 Å². The van der Waals surface area contributed by atoms with Gasteiger partial charge in [-0.2, -0.15) is 0 Å². The summed E-state index contributed by atoms with van der Waals surface area (Å²) in [5, 5.41) is 23.9. The minimum Gasteiger partial charge on any atom is -0.411 e. The number of allylic oxidation sites excluding steroid dienone is 2. The van der Waals surface area contributed by atoms with Gasteiger partial charge in [-0.3, -0.25) is 4.98 Å². The van der Waals surface area contributed by atoms with Crippen molar-refractivity contribution in [1.29, 1.82) is 0 Å². The van der Waals surface area contributed by atoms with Crippen LogP contribution in [-0.2, 0) is 0 Å². The van der Waals surface area contributed by atoms with Gasteiger partial charge in [0, 0.05) is 18.3 Å². The Labute approximate surface area is 167 Å². The Balaban J connectivity index is 1.50. The molecule has 7 atom stereocenters. The van der Waals surface area contributed by atoms with Crippen molar-refractivity contribution in [3.05, 3.63) is 36.2 Å². The minimum absolute atomic E-state index is 0.155. The number of aromatic nitrogens is 1. The predicted octanol–water partition coefficient (Wildman–Crippen LogP) is 4.92. The first kappa shape index (κ1) is 18.4. The summed E-state index contributed by atoms with van der Waals surface area (Å²) >= 11 is 0. The molecule has 0 spiro atoms. The largest absolute Gasteiger partial charge is 0.411 e. The lowest BCUT2D eigenvalue weighted by Gasteiger charge is -2.60. The van der Waals surface area contributed by atoms with Crippen molar-refractivity contribution in [3.8, 4) is 0 Å². The van der Waals surface area contributed by atoms with Gasteiger partial charge in [-0.1, -0.05) is 31.1 Å². The number of rotatable bonds is 1. The summed E-state index contributed by atoms with van der Waals surface area (Å²) < 4.78 is 0. The third-order valence-corrected chi connectivity index (χ3v) is 9.13. The molecule has 0 unspecified atom stereocenters. The van der Waals surface area contributed by atoms with Crippen LogP contribution in [0.1, 0.15) is 64.4 Å². The molecule has 4 aliphatic carbocycles. The molecule has 2 N–H and O–H groups in total. The van der Waals surface area contributed by atoms with E-state index in [1.165, 1.54) is 24.0 Å². The van der Waals surface area contributed by atoms with Crippen molar-refractivity contribution in [2.24, 2.45) is 39.7 Å². The number of hydrogen-bond acceptors (Lipinski definition) is 4.